The van der Waals surface area contributed by atoms with Gasteiger partial charge < -0.3 is 10.2 Å². The zero-order valence-corrected chi connectivity index (χ0v) is 13.4. The first-order valence-corrected chi connectivity index (χ1v) is 8.14. The summed E-state index contributed by atoms with van der Waals surface area (Å²) in [6, 6.07) is 9.51. The van der Waals surface area contributed by atoms with E-state index in [1.165, 1.54) is 16.9 Å². The molecule has 4 nitrogen and oxygen atoms in total. The molecule has 0 aliphatic carbocycles. The van der Waals surface area contributed by atoms with Gasteiger partial charge in [-0.1, -0.05) is 12.1 Å². The molecule has 0 radical (unpaired) electrons. The van der Waals surface area contributed by atoms with Crippen LogP contribution in [0.25, 0.3) is 0 Å². The van der Waals surface area contributed by atoms with E-state index in [2.05, 4.69) is 12.2 Å². The largest absolute Gasteiger partial charge is 0.346 e. The van der Waals surface area contributed by atoms with Crippen molar-refractivity contribution in [1.29, 1.82) is 0 Å². The number of nitrogens with one attached hydrogen (secondary N) is 1. The summed E-state index contributed by atoms with van der Waals surface area (Å²) in [6.07, 6.45) is 0.351. The number of amides is 2. The average Bonchev–Trinajstić information content (AvgIpc) is 3.12. The predicted molar refractivity (Wildman–Crippen MR) is 88.5 cm³/mol. The van der Waals surface area contributed by atoms with Gasteiger partial charge in [0.1, 0.15) is 0 Å². The Morgan fingerprint density at radius 1 is 1.27 bits per heavy atom. The maximum atomic E-state index is 12.2. The topological polar surface area (TPSA) is 49.4 Å². The number of thiophene rings is 1. The van der Waals surface area contributed by atoms with E-state index in [4.69, 9.17) is 0 Å². The Hall–Kier alpha value is -2.14. The highest BCUT2D eigenvalue weighted by molar-refractivity contribution is 7.12. The molecule has 0 bridgehead atoms. The first-order valence-electron chi connectivity index (χ1n) is 7.26. The number of rotatable bonds is 3. The number of carbonyl (C=O) groups is 2. The number of anilines is 1. The standard InChI is InChI=1S/C17H18N2O2S/c1-11-5-6-14(8-12(11)2)19-10-13(9-16(19)20)18-17(21)15-4-3-7-22-15/h3-8,13H,9-10H2,1-2H3,(H,18,21)/t13-/m0/s1. The molecule has 1 aromatic heterocycles. The van der Waals surface area contributed by atoms with E-state index < -0.39 is 0 Å². The van der Waals surface area contributed by atoms with Gasteiger partial charge in [0.25, 0.3) is 5.91 Å². The summed E-state index contributed by atoms with van der Waals surface area (Å²) in [5.74, 6) is -0.0468. The van der Waals surface area contributed by atoms with Gasteiger partial charge >= 0.3 is 0 Å². The van der Waals surface area contributed by atoms with Crippen LogP contribution < -0.4 is 10.2 Å². The molecule has 5 heteroatoms. The second-order valence-corrected chi connectivity index (χ2v) is 6.57. The van der Waals surface area contributed by atoms with E-state index in [0.717, 1.165) is 11.3 Å². The fourth-order valence-electron chi connectivity index (χ4n) is 2.61. The molecule has 22 heavy (non-hydrogen) atoms. The normalized spacial score (nSPS) is 17.8. The Morgan fingerprint density at radius 3 is 2.77 bits per heavy atom. The van der Waals surface area contributed by atoms with E-state index in [1.54, 1.807) is 11.0 Å². The molecule has 1 fully saturated rings. The lowest BCUT2D eigenvalue weighted by Crippen LogP contribution is -2.36. The van der Waals surface area contributed by atoms with Crippen molar-refractivity contribution >= 4 is 28.8 Å². The minimum atomic E-state index is -0.135. The van der Waals surface area contributed by atoms with Crippen LogP contribution in [0.4, 0.5) is 5.69 Å². The maximum Gasteiger partial charge on any atom is 0.261 e. The van der Waals surface area contributed by atoms with Crippen LogP contribution in [-0.4, -0.2) is 24.4 Å². The van der Waals surface area contributed by atoms with Crippen molar-refractivity contribution in [3.8, 4) is 0 Å². The third-order valence-electron chi connectivity index (χ3n) is 4.01. The SMILES string of the molecule is Cc1ccc(N2C[C@@H](NC(=O)c3cccs3)CC2=O)cc1C. The van der Waals surface area contributed by atoms with Crippen LogP contribution in [0.2, 0.25) is 0 Å². The summed E-state index contributed by atoms with van der Waals surface area (Å²) in [7, 11) is 0. The van der Waals surface area contributed by atoms with Crippen LogP contribution in [0.3, 0.4) is 0 Å². The number of nitrogens with zero attached hydrogens (tertiary/aromatic N) is 1. The first kappa shape index (κ1) is 14.8. The summed E-state index contributed by atoms with van der Waals surface area (Å²) >= 11 is 1.41. The molecule has 1 aliphatic heterocycles. The molecule has 1 aromatic carbocycles. The summed E-state index contributed by atoms with van der Waals surface area (Å²) in [4.78, 5) is 26.7. The predicted octanol–water partition coefficient (Wildman–Crippen LogP) is 2.90. The van der Waals surface area contributed by atoms with Gasteiger partial charge in [0.15, 0.2) is 0 Å². The van der Waals surface area contributed by atoms with Crippen LogP contribution in [0.5, 0.6) is 0 Å². The molecule has 2 amide bonds. The third kappa shape index (κ3) is 2.90. The van der Waals surface area contributed by atoms with E-state index in [0.29, 0.717) is 17.8 Å². The number of hydrogen-bond donors (Lipinski definition) is 1. The molecule has 0 spiro atoms. The highest BCUT2D eigenvalue weighted by Crippen LogP contribution is 2.24. The molecular weight excluding hydrogens is 296 g/mol. The van der Waals surface area contributed by atoms with E-state index in [-0.39, 0.29) is 17.9 Å². The van der Waals surface area contributed by atoms with Crippen LogP contribution in [-0.2, 0) is 4.79 Å². The number of carbonyl (C=O) groups excluding carboxylic acids is 2. The van der Waals surface area contributed by atoms with Crippen molar-refractivity contribution in [2.75, 3.05) is 11.4 Å². The highest BCUT2D eigenvalue weighted by Gasteiger charge is 2.31. The van der Waals surface area contributed by atoms with Gasteiger partial charge in [-0.3, -0.25) is 9.59 Å². The summed E-state index contributed by atoms with van der Waals surface area (Å²) < 4.78 is 0. The van der Waals surface area contributed by atoms with Crippen LogP contribution in [0.1, 0.15) is 27.2 Å². The quantitative estimate of drug-likeness (QED) is 0.947. The Labute approximate surface area is 133 Å². The molecule has 0 saturated carbocycles. The molecule has 114 valence electrons. The minimum Gasteiger partial charge on any atom is -0.346 e. The Morgan fingerprint density at radius 2 is 2.09 bits per heavy atom. The van der Waals surface area contributed by atoms with E-state index >= 15 is 0 Å². The summed E-state index contributed by atoms with van der Waals surface area (Å²) in [6.45, 7) is 4.61. The fourth-order valence-corrected chi connectivity index (χ4v) is 3.24. The molecular formula is C17H18N2O2S. The molecule has 2 aromatic rings. The highest BCUT2D eigenvalue weighted by atomic mass is 32.1. The zero-order chi connectivity index (χ0) is 15.7. The minimum absolute atomic E-state index is 0.0553. The van der Waals surface area contributed by atoms with Crippen molar-refractivity contribution in [2.45, 2.75) is 26.3 Å². The van der Waals surface area contributed by atoms with Gasteiger partial charge in [-0.25, -0.2) is 0 Å². The second-order valence-electron chi connectivity index (χ2n) is 5.62. The van der Waals surface area contributed by atoms with Gasteiger partial charge in [0, 0.05) is 18.7 Å². The van der Waals surface area contributed by atoms with Gasteiger partial charge in [-0.05, 0) is 48.6 Å². The Bertz CT molecular complexity index is 709. The van der Waals surface area contributed by atoms with Crippen LogP contribution in [0, 0.1) is 13.8 Å². The van der Waals surface area contributed by atoms with Crippen molar-refractivity contribution < 1.29 is 9.59 Å². The molecule has 1 N–H and O–H groups in total. The monoisotopic (exact) mass is 314 g/mol. The van der Waals surface area contributed by atoms with Crippen molar-refractivity contribution in [2.24, 2.45) is 0 Å². The van der Waals surface area contributed by atoms with Crippen molar-refractivity contribution in [3.63, 3.8) is 0 Å². The summed E-state index contributed by atoms with van der Waals surface area (Å²) in [5.41, 5.74) is 3.27. The number of aryl methyl sites for hydroxylation is 2. The second kappa shape index (κ2) is 5.93. The first-order chi connectivity index (χ1) is 10.5. The molecule has 1 atom stereocenters. The molecule has 2 heterocycles. The molecule has 0 unspecified atom stereocenters. The van der Waals surface area contributed by atoms with Crippen molar-refractivity contribution in [3.05, 3.63) is 51.7 Å². The van der Waals surface area contributed by atoms with Crippen LogP contribution >= 0.6 is 11.3 Å². The zero-order valence-electron chi connectivity index (χ0n) is 12.6. The third-order valence-corrected chi connectivity index (χ3v) is 4.88. The van der Waals surface area contributed by atoms with Gasteiger partial charge in [-0.2, -0.15) is 0 Å². The number of benzene rings is 1. The van der Waals surface area contributed by atoms with Gasteiger partial charge in [0.2, 0.25) is 5.91 Å². The average molecular weight is 314 g/mol. The maximum absolute atomic E-state index is 12.2. The van der Waals surface area contributed by atoms with E-state index in [1.807, 2.05) is 36.6 Å². The lowest BCUT2D eigenvalue weighted by atomic mass is 10.1. The van der Waals surface area contributed by atoms with Gasteiger partial charge in [-0.15, -0.1) is 11.3 Å². The van der Waals surface area contributed by atoms with Crippen molar-refractivity contribution in [1.82, 2.24) is 5.32 Å². The summed E-state index contributed by atoms with van der Waals surface area (Å²) in [5, 5.41) is 4.82. The molecule has 1 saturated heterocycles. The smallest absolute Gasteiger partial charge is 0.261 e. The van der Waals surface area contributed by atoms with Crippen LogP contribution in [0.15, 0.2) is 35.7 Å². The Kier molecular flexibility index (Phi) is 3.98. The lowest BCUT2D eigenvalue weighted by Gasteiger charge is -2.18. The van der Waals surface area contributed by atoms with Gasteiger partial charge in [0.05, 0.1) is 10.9 Å². The number of hydrogen-bond acceptors (Lipinski definition) is 3. The fraction of sp³-hybridized carbons (Fsp3) is 0.294. The Balaban J connectivity index is 1.70. The lowest BCUT2D eigenvalue weighted by molar-refractivity contribution is -0.117. The van der Waals surface area contributed by atoms with E-state index in [9.17, 15) is 9.59 Å². The molecule has 3 rings (SSSR count). The molecule has 1 aliphatic rings.